The fraction of sp³-hybridized carbons (Fsp3) is 0.583. The van der Waals surface area contributed by atoms with Crippen molar-refractivity contribution in [2.75, 3.05) is 25.4 Å². The quantitative estimate of drug-likeness (QED) is 0.867. The first-order chi connectivity index (χ1) is 9.05. The van der Waals surface area contributed by atoms with Crippen LogP contribution in [0, 0.1) is 0 Å². The minimum atomic E-state index is -3.60. The number of hydrogen-bond donors (Lipinski definition) is 1. The molecule has 0 radical (unpaired) electrons. The van der Waals surface area contributed by atoms with Crippen LogP contribution >= 0.6 is 0 Å². The number of aromatic nitrogens is 1. The number of nitrogen functional groups attached to an aromatic ring is 1. The molecule has 1 fully saturated rings. The summed E-state index contributed by atoms with van der Waals surface area (Å²) in [5.41, 5.74) is 5.95. The molecule has 0 aliphatic carbocycles. The van der Waals surface area contributed by atoms with E-state index in [4.69, 9.17) is 10.5 Å². The van der Waals surface area contributed by atoms with Crippen LogP contribution in [0.25, 0.3) is 0 Å². The molecular weight excluding hydrogens is 266 g/mol. The predicted molar refractivity (Wildman–Crippen MR) is 72.1 cm³/mol. The third-order valence-electron chi connectivity index (χ3n) is 3.22. The van der Waals surface area contributed by atoms with Crippen molar-refractivity contribution in [2.24, 2.45) is 0 Å². The Morgan fingerprint density at radius 3 is 2.95 bits per heavy atom. The summed E-state index contributed by atoms with van der Waals surface area (Å²) in [7, 11) is -3.60. The number of anilines is 1. The highest BCUT2D eigenvalue weighted by atomic mass is 32.2. The molecule has 0 saturated carbocycles. The Labute approximate surface area is 113 Å². The number of likely N-dealkylation sites (N-methyl/N-ethyl adjacent to an activating group) is 1. The molecule has 1 aliphatic rings. The van der Waals surface area contributed by atoms with Gasteiger partial charge in [0.25, 0.3) is 0 Å². The highest BCUT2D eigenvalue weighted by Gasteiger charge is 2.29. The zero-order valence-corrected chi connectivity index (χ0v) is 11.8. The van der Waals surface area contributed by atoms with Crippen LogP contribution in [0.3, 0.4) is 0 Å². The molecule has 1 unspecified atom stereocenters. The lowest BCUT2D eigenvalue weighted by molar-refractivity contribution is 0.0947. The van der Waals surface area contributed by atoms with Crippen molar-refractivity contribution in [3.05, 3.63) is 18.5 Å². The molecule has 7 heteroatoms. The molecule has 1 aromatic heterocycles. The molecule has 1 aliphatic heterocycles. The molecule has 1 aromatic rings. The highest BCUT2D eigenvalue weighted by Crippen LogP contribution is 2.23. The minimum Gasteiger partial charge on any atom is -0.398 e. The molecule has 2 heterocycles. The zero-order chi connectivity index (χ0) is 13.9. The van der Waals surface area contributed by atoms with Crippen LogP contribution in [-0.4, -0.2) is 43.5 Å². The van der Waals surface area contributed by atoms with E-state index in [1.807, 2.05) is 0 Å². The average molecular weight is 285 g/mol. The number of pyridine rings is 1. The zero-order valence-electron chi connectivity index (χ0n) is 10.9. The Balaban J connectivity index is 2.23. The van der Waals surface area contributed by atoms with E-state index in [0.717, 1.165) is 12.8 Å². The number of ether oxygens (including phenoxy) is 1. The molecule has 2 rings (SSSR count). The number of hydrogen-bond acceptors (Lipinski definition) is 5. The van der Waals surface area contributed by atoms with E-state index in [0.29, 0.717) is 19.7 Å². The molecule has 19 heavy (non-hydrogen) atoms. The van der Waals surface area contributed by atoms with Crippen LogP contribution < -0.4 is 5.73 Å². The standard InChI is InChI=1S/C12H19N3O3S/c1-2-15(9-10-4-3-7-18-10)19(16,17)12-8-14-6-5-11(12)13/h5-6,8,10H,2-4,7,9H2,1H3,(H2,13,14). The van der Waals surface area contributed by atoms with E-state index in [1.54, 1.807) is 6.92 Å². The molecule has 2 N–H and O–H groups in total. The largest absolute Gasteiger partial charge is 0.398 e. The molecule has 1 saturated heterocycles. The van der Waals surface area contributed by atoms with E-state index >= 15 is 0 Å². The van der Waals surface area contributed by atoms with Gasteiger partial charge in [-0.05, 0) is 18.9 Å². The molecule has 106 valence electrons. The second-order valence-electron chi connectivity index (χ2n) is 4.50. The summed E-state index contributed by atoms with van der Waals surface area (Å²) in [5.74, 6) is 0. The summed E-state index contributed by atoms with van der Waals surface area (Å²) in [6.45, 7) is 3.26. The van der Waals surface area contributed by atoms with Crippen molar-refractivity contribution in [2.45, 2.75) is 30.8 Å². The van der Waals surface area contributed by atoms with E-state index in [9.17, 15) is 8.42 Å². The van der Waals surface area contributed by atoms with Crippen molar-refractivity contribution in [3.8, 4) is 0 Å². The van der Waals surface area contributed by atoms with Gasteiger partial charge in [-0.3, -0.25) is 4.98 Å². The van der Waals surface area contributed by atoms with Gasteiger partial charge in [-0.15, -0.1) is 0 Å². The normalized spacial score (nSPS) is 20.0. The van der Waals surface area contributed by atoms with Crippen molar-refractivity contribution in [3.63, 3.8) is 0 Å². The highest BCUT2D eigenvalue weighted by molar-refractivity contribution is 7.89. The van der Waals surface area contributed by atoms with Gasteiger partial charge in [0.15, 0.2) is 0 Å². The lowest BCUT2D eigenvalue weighted by atomic mass is 10.2. The van der Waals surface area contributed by atoms with Crippen LogP contribution in [-0.2, 0) is 14.8 Å². The lowest BCUT2D eigenvalue weighted by Gasteiger charge is -2.23. The Bertz CT molecular complexity index is 527. The second kappa shape index (κ2) is 5.85. The molecule has 1 atom stereocenters. The van der Waals surface area contributed by atoms with Gasteiger partial charge in [0, 0.05) is 32.1 Å². The Morgan fingerprint density at radius 2 is 2.37 bits per heavy atom. The Hall–Kier alpha value is -1.18. The van der Waals surface area contributed by atoms with Gasteiger partial charge in [0.05, 0.1) is 11.8 Å². The van der Waals surface area contributed by atoms with Gasteiger partial charge in [0.2, 0.25) is 10.0 Å². The maximum atomic E-state index is 12.5. The maximum Gasteiger partial charge on any atom is 0.246 e. The molecule has 0 aromatic carbocycles. The molecular formula is C12H19N3O3S. The summed E-state index contributed by atoms with van der Waals surface area (Å²) < 4.78 is 31.9. The lowest BCUT2D eigenvalue weighted by Crippen LogP contribution is -2.37. The second-order valence-corrected chi connectivity index (χ2v) is 6.41. The third-order valence-corrected chi connectivity index (χ3v) is 5.20. The van der Waals surface area contributed by atoms with E-state index in [-0.39, 0.29) is 16.7 Å². The fourth-order valence-electron chi connectivity index (χ4n) is 2.16. The van der Waals surface area contributed by atoms with Crippen molar-refractivity contribution in [1.29, 1.82) is 0 Å². The Morgan fingerprint density at radius 1 is 1.58 bits per heavy atom. The maximum absolute atomic E-state index is 12.5. The van der Waals surface area contributed by atoms with Crippen LogP contribution in [0.1, 0.15) is 19.8 Å². The number of nitrogens with two attached hydrogens (primary N) is 1. The molecule has 0 spiro atoms. The van der Waals surface area contributed by atoms with Crippen molar-refractivity contribution >= 4 is 15.7 Å². The average Bonchev–Trinajstić information content (AvgIpc) is 2.89. The number of nitrogens with zero attached hydrogens (tertiary/aromatic N) is 2. The van der Waals surface area contributed by atoms with E-state index < -0.39 is 10.0 Å². The van der Waals surface area contributed by atoms with Crippen LogP contribution in [0.4, 0.5) is 5.69 Å². The minimum absolute atomic E-state index is 0.0207. The monoisotopic (exact) mass is 285 g/mol. The van der Waals surface area contributed by atoms with Gasteiger partial charge in [-0.1, -0.05) is 6.92 Å². The number of rotatable bonds is 5. The predicted octanol–water partition coefficient (Wildman–Crippen LogP) is 0.853. The van der Waals surface area contributed by atoms with Crippen molar-refractivity contribution in [1.82, 2.24) is 9.29 Å². The topological polar surface area (TPSA) is 85.5 Å². The number of sulfonamides is 1. The van der Waals surface area contributed by atoms with Gasteiger partial charge >= 0.3 is 0 Å². The summed E-state index contributed by atoms with van der Waals surface area (Å²) >= 11 is 0. The van der Waals surface area contributed by atoms with Gasteiger partial charge in [-0.25, -0.2) is 8.42 Å². The summed E-state index contributed by atoms with van der Waals surface area (Å²) in [6, 6.07) is 1.49. The third kappa shape index (κ3) is 3.05. The van der Waals surface area contributed by atoms with E-state index in [1.165, 1.54) is 22.8 Å². The van der Waals surface area contributed by atoms with E-state index in [2.05, 4.69) is 4.98 Å². The van der Waals surface area contributed by atoms with Crippen LogP contribution in [0.5, 0.6) is 0 Å². The first kappa shape index (κ1) is 14.2. The fourth-order valence-corrected chi connectivity index (χ4v) is 3.70. The van der Waals surface area contributed by atoms with Gasteiger partial charge in [-0.2, -0.15) is 4.31 Å². The first-order valence-corrected chi connectivity index (χ1v) is 7.81. The first-order valence-electron chi connectivity index (χ1n) is 6.37. The smallest absolute Gasteiger partial charge is 0.246 e. The van der Waals surface area contributed by atoms with Crippen LogP contribution in [0.15, 0.2) is 23.4 Å². The van der Waals surface area contributed by atoms with Gasteiger partial charge in [0.1, 0.15) is 4.90 Å². The summed E-state index contributed by atoms with van der Waals surface area (Å²) in [6.07, 6.45) is 4.63. The van der Waals surface area contributed by atoms with Crippen LogP contribution in [0.2, 0.25) is 0 Å². The summed E-state index contributed by atoms with van der Waals surface area (Å²) in [5, 5.41) is 0. The SMILES string of the molecule is CCN(CC1CCCO1)S(=O)(=O)c1cnccc1N. The van der Waals surface area contributed by atoms with Crippen molar-refractivity contribution < 1.29 is 13.2 Å². The Kier molecular flexibility index (Phi) is 4.38. The molecule has 0 amide bonds. The molecule has 0 bridgehead atoms. The summed E-state index contributed by atoms with van der Waals surface area (Å²) in [4.78, 5) is 3.91. The van der Waals surface area contributed by atoms with Gasteiger partial charge < -0.3 is 10.5 Å². The molecule has 6 nitrogen and oxygen atoms in total.